The summed E-state index contributed by atoms with van der Waals surface area (Å²) in [6, 6.07) is 0. The Hall–Kier alpha value is -1.36. The predicted octanol–water partition coefficient (Wildman–Crippen LogP) is 1.14. The maximum atomic E-state index is 10.8. The van der Waals surface area contributed by atoms with E-state index in [1.54, 1.807) is 0 Å². The summed E-state index contributed by atoms with van der Waals surface area (Å²) in [5, 5.41) is 3.37. The fraction of sp³-hybridized carbons (Fsp3) is 0.714. The first kappa shape index (κ1) is 14.1. The van der Waals surface area contributed by atoms with E-state index in [1.807, 2.05) is 0 Å². The Morgan fingerprint density at radius 3 is 3.05 bits per heavy atom. The van der Waals surface area contributed by atoms with Crippen LogP contribution in [0.2, 0.25) is 0 Å². The largest absolute Gasteiger partial charge is 0.370 e. The molecule has 5 nitrogen and oxygen atoms in total. The van der Waals surface area contributed by atoms with Crippen molar-refractivity contribution in [2.45, 2.75) is 58.5 Å². The average molecular weight is 264 g/mol. The van der Waals surface area contributed by atoms with Crippen molar-refractivity contribution in [3.63, 3.8) is 0 Å². The summed E-state index contributed by atoms with van der Waals surface area (Å²) in [5.74, 6) is 1.00. The van der Waals surface area contributed by atoms with Crippen LogP contribution >= 0.6 is 0 Å². The minimum Gasteiger partial charge on any atom is -0.370 e. The standard InChI is InChI=1S/C14H24N4O/c1-2-5-14-17-11-10-16-8-7-12(11)18(14)9-4-3-6-13(15)19/h16H,2-10H2,1H3,(H2,15,19). The zero-order valence-corrected chi connectivity index (χ0v) is 11.7. The van der Waals surface area contributed by atoms with Gasteiger partial charge < -0.3 is 15.6 Å². The van der Waals surface area contributed by atoms with Gasteiger partial charge in [-0.2, -0.15) is 0 Å². The lowest BCUT2D eigenvalue weighted by atomic mass is 10.1. The molecule has 1 aromatic heterocycles. The molecule has 1 aromatic rings. The number of aromatic nitrogens is 2. The Labute approximate surface area is 114 Å². The summed E-state index contributed by atoms with van der Waals surface area (Å²) < 4.78 is 2.38. The van der Waals surface area contributed by atoms with Gasteiger partial charge in [0, 0.05) is 44.6 Å². The first-order valence-corrected chi connectivity index (χ1v) is 7.28. The number of nitrogens with one attached hydrogen (secondary N) is 1. The number of amides is 1. The number of aryl methyl sites for hydroxylation is 1. The number of carbonyl (C=O) groups excluding carboxylic acids is 1. The van der Waals surface area contributed by atoms with Gasteiger partial charge in [0.25, 0.3) is 0 Å². The molecule has 2 heterocycles. The second kappa shape index (κ2) is 6.70. The van der Waals surface area contributed by atoms with E-state index in [0.717, 1.165) is 51.7 Å². The molecule has 19 heavy (non-hydrogen) atoms. The first-order chi connectivity index (χ1) is 9.22. The summed E-state index contributed by atoms with van der Waals surface area (Å²) in [5.41, 5.74) is 7.78. The summed E-state index contributed by atoms with van der Waals surface area (Å²) in [6.07, 6.45) is 5.55. The zero-order valence-electron chi connectivity index (χ0n) is 11.7. The Morgan fingerprint density at radius 2 is 2.32 bits per heavy atom. The minimum absolute atomic E-state index is 0.203. The highest BCUT2D eigenvalue weighted by Gasteiger charge is 2.18. The third kappa shape index (κ3) is 3.56. The van der Waals surface area contributed by atoms with Gasteiger partial charge in [0.1, 0.15) is 5.82 Å². The topological polar surface area (TPSA) is 72.9 Å². The maximum Gasteiger partial charge on any atom is 0.217 e. The molecule has 1 aliphatic heterocycles. The Kier molecular flexibility index (Phi) is 4.96. The molecule has 0 unspecified atom stereocenters. The zero-order chi connectivity index (χ0) is 13.7. The molecule has 0 bridgehead atoms. The van der Waals surface area contributed by atoms with Crippen molar-refractivity contribution in [2.75, 3.05) is 6.54 Å². The number of unbranched alkanes of at least 4 members (excludes halogenated alkanes) is 1. The number of rotatable bonds is 7. The second-order valence-corrected chi connectivity index (χ2v) is 5.17. The van der Waals surface area contributed by atoms with Gasteiger partial charge in [0.2, 0.25) is 5.91 Å². The molecule has 0 saturated carbocycles. The number of fused-ring (bicyclic) bond motifs is 1. The Bertz CT molecular complexity index is 439. The molecule has 2 rings (SSSR count). The predicted molar refractivity (Wildman–Crippen MR) is 74.7 cm³/mol. The summed E-state index contributed by atoms with van der Waals surface area (Å²) >= 11 is 0. The number of imidazole rings is 1. The molecule has 1 amide bonds. The maximum absolute atomic E-state index is 10.8. The van der Waals surface area contributed by atoms with E-state index in [-0.39, 0.29) is 5.91 Å². The number of nitrogens with two attached hydrogens (primary N) is 1. The highest BCUT2D eigenvalue weighted by atomic mass is 16.1. The van der Waals surface area contributed by atoms with Crippen molar-refractivity contribution in [1.29, 1.82) is 0 Å². The minimum atomic E-state index is -0.203. The molecule has 1 aliphatic rings. The van der Waals surface area contributed by atoms with Crippen LogP contribution in [-0.2, 0) is 30.7 Å². The lowest BCUT2D eigenvalue weighted by Gasteiger charge is -2.16. The van der Waals surface area contributed by atoms with E-state index in [1.165, 1.54) is 17.2 Å². The van der Waals surface area contributed by atoms with Gasteiger partial charge in [-0.1, -0.05) is 6.92 Å². The number of primary amides is 1. The fourth-order valence-corrected chi connectivity index (χ4v) is 2.67. The lowest BCUT2D eigenvalue weighted by molar-refractivity contribution is -0.118. The van der Waals surface area contributed by atoms with Crippen LogP contribution in [-0.4, -0.2) is 22.0 Å². The van der Waals surface area contributed by atoms with E-state index in [0.29, 0.717) is 6.42 Å². The molecular formula is C14H24N4O. The van der Waals surface area contributed by atoms with E-state index in [9.17, 15) is 4.79 Å². The Balaban J connectivity index is 2.03. The van der Waals surface area contributed by atoms with Crippen molar-refractivity contribution in [2.24, 2.45) is 5.73 Å². The van der Waals surface area contributed by atoms with Crippen molar-refractivity contribution in [3.8, 4) is 0 Å². The summed E-state index contributed by atoms with van der Waals surface area (Å²) in [7, 11) is 0. The van der Waals surface area contributed by atoms with Gasteiger partial charge in [0.05, 0.1) is 5.69 Å². The van der Waals surface area contributed by atoms with Crippen molar-refractivity contribution < 1.29 is 4.79 Å². The SMILES string of the molecule is CCCc1nc2c(n1CCCCC(N)=O)CCNC2. The molecule has 0 atom stereocenters. The number of hydrogen-bond acceptors (Lipinski definition) is 3. The van der Waals surface area contributed by atoms with Gasteiger partial charge >= 0.3 is 0 Å². The monoisotopic (exact) mass is 264 g/mol. The van der Waals surface area contributed by atoms with Crippen molar-refractivity contribution in [3.05, 3.63) is 17.2 Å². The molecule has 5 heteroatoms. The highest BCUT2D eigenvalue weighted by molar-refractivity contribution is 5.73. The first-order valence-electron chi connectivity index (χ1n) is 7.28. The van der Waals surface area contributed by atoms with E-state index in [2.05, 4.69) is 16.8 Å². The van der Waals surface area contributed by atoms with Crippen LogP contribution in [0.5, 0.6) is 0 Å². The van der Waals surface area contributed by atoms with Gasteiger partial charge in [-0.25, -0.2) is 4.98 Å². The van der Waals surface area contributed by atoms with Crippen LogP contribution in [0.1, 0.15) is 49.8 Å². The van der Waals surface area contributed by atoms with Crippen LogP contribution < -0.4 is 11.1 Å². The molecule has 3 N–H and O–H groups in total. The van der Waals surface area contributed by atoms with Crippen LogP contribution in [0.3, 0.4) is 0 Å². The number of hydrogen-bond donors (Lipinski definition) is 2. The summed E-state index contributed by atoms with van der Waals surface area (Å²) in [6.45, 7) is 5.07. The second-order valence-electron chi connectivity index (χ2n) is 5.17. The summed E-state index contributed by atoms with van der Waals surface area (Å²) in [4.78, 5) is 15.5. The van der Waals surface area contributed by atoms with Gasteiger partial charge in [-0.05, 0) is 19.3 Å². The van der Waals surface area contributed by atoms with Crippen molar-refractivity contribution in [1.82, 2.24) is 14.9 Å². The van der Waals surface area contributed by atoms with Crippen molar-refractivity contribution >= 4 is 5.91 Å². The molecular weight excluding hydrogens is 240 g/mol. The third-order valence-electron chi connectivity index (χ3n) is 3.59. The third-order valence-corrected chi connectivity index (χ3v) is 3.59. The number of nitrogens with zero attached hydrogens (tertiary/aromatic N) is 2. The average Bonchev–Trinajstić information content (AvgIpc) is 2.73. The van der Waals surface area contributed by atoms with Gasteiger partial charge in [-0.3, -0.25) is 4.79 Å². The van der Waals surface area contributed by atoms with E-state index in [4.69, 9.17) is 10.7 Å². The van der Waals surface area contributed by atoms with Crippen LogP contribution in [0.15, 0.2) is 0 Å². The van der Waals surface area contributed by atoms with Crippen LogP contribution in [0, 0.1) is 0 Å². The van der Waals surface area contributed by atoms with Gasteiger partial charge in [-0.15, -0.1) is 0 Å². The van der Waals surface area contributed by atoms with E-state index < -0.39 is 0 Å². The van der Waals surface area contributed by atoms with E-state index >= 15 is 0 Å². The molecule has 0 aromatic carbocycles. The fourth-order valence-electron chi connectivity index (χ4n) is 2.67. The van der Waals surface area contributed by atoms with Crippen LogP contribution in [0.25, 0.3) is 0 Å². The molecule has 0 fully saturated rings. The molecule has 106 valence electrons. The molecule has 0 radical (unpaired) electrons. The number of carbonyl (C=O) groups is 1. The Morgan fingerprint density at radius 1 is 1.47 bits per heavy atom. The smallest absolute Gasteiger partial charge is 0.217 e. The van der Waals surface area contributed by atoms with Gasteiger partial charge in [0.15, 0.2) is 0 Å². The molecule has 0 spiro atoms. The normalized spacial score (nSPS) is 14.4. The van der Waals surface area contributed by atoms with Crippen LogP contribution in [0.4, 0.5) is 0 Å². The quantitative estimate of drug-likeness (QED) is 0.725. The lowest BCUT2D eigenvalue weighted by Crippen LogP contribution is -2.25. The molecule has 0 saturated heterocycles. The highest BCUT2D eigenvalue weighted by Crippen LogP contribution is 2.18. The molecule has 0 aliphatic carbocycles.